The second-order valence-corrected chi connectivity index (χ2v) is 8.56. The van der Waals surface area contributed by atoms with Crippen LogP contribution in [0.2, 0.25) is 0 Å². The molecular formula is C21H22NO2P. The van der Waals surface area contributed by atoms with E-state index in [2.05, 4.69) is 5.09 Å². The highest BCUT2D eigenvalue weighted by atomic mass is 31.2. The zero-order chi connectivity index (χ0) is 17.7. The average molecular weight is 351 g/mol. The second kappa shape index (κ2) is 7.79. The summed E-state index contributed by atoms with van der Waals surface area (Å²) in [6.07, 6.45) is -0.748. The molecule has 3 aromatic carbocycles. The molecule has 0 radical (unpaired) electrons. The Hall–Kier alpha value is -2.19. The zero-order valence-electron chi connectivity index (χ0n) is 14.1. The lowest BCUT2D eigenvalue weighted by molar-refractivity contribution is 0.146. The van der Waals surface area contributed by atoms with Crippen LogP contribution in [0.5, 0.6) is 0 Å². The summed E-state index contributed by atoms with van der Waals surface area (Å²) in [5.74, 6) is 0. The van der Waals surface area contributed by atoms with Gasteiger partial charge in [-0.05, 0) is 36.8 Å². The van der Waals surface area contributed by atoms with E-state index in [0.717, 1.165) is 16.2 Å². The van der Waals surface area contributed by atoms with Crippen LogP contribution in [-0.4, -0.2) is 11.1 Å². The Morgan fingerprint density at radius 1 is 0.760 bits per heavy atom. The first-order valence-electron chi connectivity index (χ1n) is 8.33. The van der Waals surface area contributed by atoms with Crippen LogP contribution in [0.4, 0.5) is 0 Å². The van der Waals surface area contributed by atoms with E-state index < -0.39 is 13.4 Å². The van der Waals surface area contributed by atoms with Crippen molar-refractivity contribution in [2.24, 2.45) is 0 Å². The maximum Gasteiger partial charge on any atom is 0.204 e. The van der Waals surface area contributed by atoms with Gasteiger partial charge in [-0.2, -0.15) is 0 Å². The van der Waals surface area contributed by atoms with Crippen molar-refractivity contribution in [3.05, 3.63) is 96.6 Å². The predicted octanol–water partition coefficient (Wildman–Crippen LogP) is 3.63. The summed E-state index contributed by atoms with van der Waals surface area (Å²) >= 11 is 0. The van der Waals surface area contributed by atoms with Crippen LogP contribution in [0.25, 0.3) is 0 Å². The molecule has 0 unspecified atom stereocenters. The first-order chi connectivity index (χ1) is 12.1. The molecule has 2 atom stereocenters. The molecule has 0 saturated carbocycles. The Morgan fingerprint density at radius 2 is 1.16 bits per heavy atom. The number of nitrogens with one attached hydrogen (secondary N) is 1. The third-order valence-electron chi connectivity index (χ3n) is 4.24. The van der Waals surface area contributed by atoms with Crippen molar-refractivity contribution in [1.29, 1.82) is 0 Å². The molecule has 0 fully saturated rings. The average Bonchev–Trinajstić information content (AvgIpc) is 2.69. The number of benzene rings is 3. The molecule has 0 aromatic heterocycles. The lowest BCUT2D eigenvalue weighted by atomic mass is 10.0. The van der Waals surface area contributed by atoms with Crippen LogP contribution in [0.15, 0.2) is 91.0 Å². The molecule has 25 heavy (non-hydrogen) atoms. The number of hydrogen-bond acceptors (Lipinski definition) is 2. The highest BCUT2D eigenvalue weighted by molar-refractivity contribution is 7.76. The molecular weight excluding hydrogens is 329 g/mol. The minimum Gasteiger partial charge on any atom is -0.387 e. The van der Waals surface area contributed by atoms with Crippen molar-refractivity contribution in [2.45, 2.75) is 19.1 Å². The lowest BCUT2D eigenvalue weighted by Gasteiger charge is -2.28. The van der Waals surface area contributed by atoms with Gasteiger partial charge in [0.1, 0.15) is 0 Å². The van der Waals surface area contributed by atoms with Crippen molar-refractivity contribution in [3.8, 4) is 0 Å². The van der Waals surface area contributed by atoms with Crippen molar-refractivity contribution >= 4 is 17.9 Å². The van der Waals surface area contributed by atoms with E-state index in [-0.39, 0.29) is 6.04 Å². The molecule has 0 saturated heterocycles. The Labute approximate surface area is 148 Å². The number of aliphatic hydroxyl groups excluding tert-OH is 1. The zero-order valence-corrected chi connectivity index (χ0v) is 15.0. The smallest absolute Gasteiger partial charge is 0.204 e. The molecule has 2 N–H and O–H groups in total. The largest absolute Gasteiger partial charge is 0.387 e. The van der Waals surface area contributed by atoms with Crippen LogP contribution in [0, 0.1) is 0 Å². The van der Waals surface area contributed by atoms with Gasteiger partial charge in [-0.15, -0.1) is 0 Å². The maximum atomic E-state index is 13.9. The predicted molar refractivity (Wildman–Crippen MR) is 104 cm³/mol. The van der Waals surface area contributed by atoms with Gasteiger partial charge in [0.2, 0.25) is 7.29 Å². The van der Waals surface area contributed by atoms with Crippen LogP contribution in [-0.2, 0) is 4.57 Å². The summed E-state index contributed by atoms with van der Waals surface area (Å²) in [7, 11) is -3.06. The highest BCUT2D eigenvalue weighted by Crippen LogP contribution is 2.40. The van der Waals surface area contributed by atoms with Crippen LogP contribution >= 0.6 is 7.29 Å². The van der Waals surface area contributed by atoms with Gasteiger partial charge in [0, 0.05) is 16.7 Å². The Kier molecular flexibility index (Phi) is 5.50. The fourth-order valence-electron chi connectivity index (χ4n) is 2.87. The SMILES string of the molecule is C[C@H](NP(=O)(c1ccccc1)c1ccccc1)[C@H](O)c1ccccc1. The third kappa shape index (κ3) is 3.91. The molecule has 0 bridgehead atoms. The first-order valence-corrected chi connectivity index (χ1v) is 10.0. The molecule has 3 rings (SSSR count). The van der Waals surface area contributed by atoms with E-state index in [9.17, 15) is 9.67 Å². The minimum absolute atomic E-state index is 0.381. The van der Waals surface area contributed by atoms with E-state index in [1.165, 1.54) is 0 Å². The quantitative estimate of drug-likeness (QED) is 0.667. The van der Waals surface area contributed by atoms with Gasteiger partial charge in [0.15, 0.2) is 0 Å². The summed E-state index contributed by atoms with van der Waals surface area (Å²) in [4.78, 5) is 0. The fourth-order valence-corrected chi connectivity index (χ4v) is 5.37. The van der Waals surface area contributed by atoms with Crippen molar-refractivity contribution in [3.63, 3.8) is 0 Å². The first kappa shape index (κ1) is 17.6. The van der Waals surface area contributed by atoms with Crippen LogP contribution in [0.1, 0.15) is 18.6 Å². The van der Waals surface area contributed by atoms with Gasteiger partial charge in [-0.1, -0.05) is 66.7 Å². The minimum atomic E-state index is -3.06. The standard InChI is InChI=1S/C21H22NO2P/c1-17(21(23)18-11-5-2-6-12-18)22-25(24,19-13-7-3-8-14-19)20-15-9-4-10-16-20/h2-17,21,23H,1H3,(H,22,24)/t17-,21-/m0/s1. The number of hydrogen-bond donors (Lipinski definition) is 2. The van der Waals surface area contributed by atoms with Crippen molar-refractivity contribution in [2.75, 3.05) is 0 Å². The molecule has 0 spiro atoms. The Bertz CT molecular complexity index is 794. The van der Waals surface area contributed by atoms with Crippen LogP contribution in [0.3, 0.4) is 0 Å². The Morgan fingerprint density at radius 3 is 1.60 bits per heavy atom. The van der Waals surface area contributed by atoms with Gasteiger partial charge >= 0.3 is 0 Å². The molecule has 128 valence electrons. The molecule has 0 aliphatic carbocycles. The summed E-state index contributed by atoms with van der Waals surface area (Å²) in [5, 5.41) is 15.4. The summed E-state index contributed by atoms with van der Waals surface area (Å²) in [6.45, 7) is 1.86. The molecule has 3 aromatic rings. The lowest BCUT2D eigenvalue weighted by Crippen LogP contribution is -2.37. The van der Waals surface area contributed by atoms with Gasteiger partial charge in [-0.25, -0.2) is 0 Å². The van der Waals surface area contributed by atoms with Gasteiger partial charge in [0.25, 0.3) is 0 Å². The molecule has 0 aliphatic rings. The molecule has 0 amide bonds. The normalized spacial score (nSPS) is 14.0. The summed E-state index contributed by atoms with van der Waals surface area (Å²) in [6, 6.07) is 27.8. The van der Waals surface area contributed by atoms with E-state index in [1.807, 2.05) is 97.9 Å². The second-order valence-electron chi connectivity index (χ2n) is 6.05. The number of aliphatic hydroxyl groups is 1. The monoisotopic (exact) mass is 351 g/mol. The van der Waals surface area contributed by atoms with Gasteiger partial charge in [-0.3, -0.25) is 9.65 Å². The highest BCUT2D eigenvalue weighted by Gasteiger charge is 2.31. The fraction of sp³-hybridized carbons (Fsp3) is 0.143. The molecule has 4 heteroatoms. The summed E-state index contributed by atoms with van der Waals surface area (Å²) < 4.78 is 13.9. The molecule has 0 aliphatic heterocycles. The topological polar surface area (TPSA) is 49.3 Å². The van der Waals surface area contributed by atoms with E-state index in [4.69, 9.17) is 0 Å². The molecule has 0 heterocycles. The molecule has 3 nitrogen and oxygen atoms in total. The van der Waals surface area contributed by atoms with Gasteiger partial charge < -0.3 is 5.11 Å². The van der Waals surface area contributed by atoms with E-state index in [1.54, 1.807) is 0 Å². The van der Waals surface area contributed by atoms with Crippen LogP contribution < -0.4 is 15.7 Å². The Balaban J connectivity index is 1.95. The number of rotatable bonds is 6. The van der Waals surface area contributed by atoms with Gasteiger partial charge in [0.05, 0.1) is 6.10 Å². The third-order valence-corrected chi connectivity index (χ3v) is 7.06. The van der Waals surface area contributed by atoms with E-state index in [0.29, 0.717) is 0 Å². The van der Waals surface area contributed by atoms with Crippen molar-refractivity contribution in [1.82, 2.24) is 5.09 Å². The van der Waals surface area contributed by atoms with E-state index >= 15 is 0 Å². The maximum absolute atomic E-state index is 13.9. The van der Waals surface area contributed by atoms with Crippen molar-refractivity contribution < 1.29 is 9.67 Å². The summed E-state index contributed by atoms with van der Waals surface area (Å²) in [5.41, 5.74) is 0.801.